The summed E-state index contributed by atoms with van der Waals surface area (Å²) in [6.45, 7) is 2.78. The average molecular weight is 292 g/mol. The minimum absolute atomic E-state index is 0.0850. The molecule has 0 saturated heterocycles. The first kappa shape index (κ1) is 14.8. The number of carbonyl (C=O) groups is 1. The first-order valence-electron chi connectivity index (χ1n) is 6.42. The maximum absolute atomic E-state index is 13.0. The number of halogens is 2. The van der Waals surface area contributed by atoms with Crippen LogP contribution in [0.15, 0.2) is 30.6 Å². The molecule has 0 atom stereocenters. The van der Waals surface area contributed by atoms with E-state index in [-0.39, 0.29) is 11.4 Å². The summed E-state index contributed by atoms with van der Waals surface area (Å²) in [5, 5.41) is 5.45. The quantitative estimate of drug-likeness (QED) is 0.889. The first-order valence-corrected chi connectivity index (χ1v) is 6.42. The Morgan fingerprint density at radius 3 is 2.62 bits per heavy atom. The number of hydrogen-bond acceptors (Lipinski definition) is 4. The minimum atomic E-state index is -1.03. The molecule has 2 N–H and O–H groups in total. The fourth-order valence-corrected chi connectivity index (χ4v) is 1.56. The second-order valence-corrected chi connectivity index (χ2v) is 4.30. The Hall–Kier alpha value is -2.57. The number of amides is 1. The van der Waals surface area contributed by atoms with E-state index < -0.39 is 17.5 Å². The highest BCUT2D eigenvalue weighted by molar-refractivity contribution is 6.02. The highest BCUT2D eigenvalue weighted by atomic mass is 19.2. The minimum Gasteiger partial charge on any atom is -0.369 e. The summed E-state index contributed by atoms with van der Waals surface area (Å²) in [5.74, 6) is -1.98. The van der Waals surface area contributed by atoms with Crippen LogP contribution in [0.4, 0.5) is 20.3 Å². The smallest absolute Gasteiger partial charge is 0.275 e. The topological polar surface area (TPSA) is 66.9 Å². The van der Waals surface area contributed by atoms with Crippen molar-refractivity contribution in [3.63, 3.8) is 0 Å². The Morgan fingerprint density at radius 2 is 2.00 bits per heavy atom. The molecule has 2 aromatic rings. The van der Waals surface area contributed by atoms with Gasteiger partial charge in [0.05, 0.1) is 12.4 Å². The van der Waals surface area contributed by atoms with Gasteiger partial charge in [0.1, 0.15) is 11.5 Å². The summed E-state index contributed by atoms with van der Waals surface area (Å²) in [4.78, 5) is 19.9. The maximum Gasteiger partial charge on any atom is 0.275 e. The molecule has 0 spiro atoms. The van der Waals surface area contributed by atoms with Crippen LogP contribution >= 0.6 is 0 Å². The van der Waals surface area contributed by atoms with Gasteiger partial charge in [-0.25, -0.2) is 18.7 Å². The molecule has 7 heteroatoms. The van der Waals surface area contributed by atoms with E-state index in [1.165, 1.54) is 18.5 Å². The van der Waals surface area contributed by atoms with Crippen molar-refractivity contribution in [1.29, 1.82) is 0 Å². The number of nitrogens with zero attached hydrogens (tertiary/aromatic N) is 2. The Morgan fingerprint density at radius 1 is 1.19 bits per heavy atom. The molecule has 0 fully saturated rings. The van der Waals surface area contributed by atoms with Crippen LogP contribution in [0.5, 0.6) is 0 Å². The van der Waals surface area contributed by atoms with Gasteiger partial charge in [-0.15, -0.1) is 0 Å². The number of anilines is 2. The summed E-state index contributed by atoms with van der Waals surface area (Å²) in [7, 11) is 0. The normalized spacial score (nSPS) is 10.2. The van der Waals surface area contributed by atoms with E-state index in [0.717, 1.165) is 25.1 Å². The molecular weight excluding hydrogens is 278 g/mol. The van der Waals surface area contributed by atoms with Crippen molar-refractivity contribution < 1.29 is 13.6 Å². The first-order chi connectivity index (χ1) is 10.1. The zero-order valence-electron chi connectivity index (χ0n) is 11.4. The predicted octanol–water partition coefficient (Wildman–Crippen LogP) is 2.83. The van der Waals surface area contributed by atoms with E-state index in [1.54, 1.807) is 0 Å². The lowest BCUT2D eigenvalue weighted by atomic mass is 10.3. The highest BCUT2D eigenvalue weighted by Crippen LogP contribution is 2.14. The summed E-state index contributed by atoms with van der Waals surface area (Å²) < 4.78 is 25.8. The van der Waals surface area contributed by atoms with Crippen molar-refractivity contribution >= 4 is 17.4 Å². The van der Waals surface area contributed by atoms with Gasteiger partial charge in [0.25, 0.3) is 5.91 Å². The van der Waals surface area contributed by atoms with Gasteiger partial charge < -0.3 is 10.6 Å². The second kappa shape index (κ2) is 6.74. The molecule has 21 heavy (non-hydrogen) atoms. The summed E-state index contributed by atoms with van der Waals surface area (Å²) in [6, 6.07) is 3.10. The standard InChI is InChI=1S/C14H14F2N4O/c1-2-5-17-13-8-18-12(7-19-13)14(21)20-9-3-4-10(15)11(16)6-9/h3-4,6-8H,2,5H2,1H3,(H,17,19)(H,20,21). The number of nitrogens with one attached hydrogen (secondary N) is 2. The molecule has 0 bridgehead atoms. The zero-order valence-corrected chi connectivity index (χ0v) is 11.4. The zero-order chi connectivity index (χ0) is 15.2. The lowest BCUT2D eigenvalue weighted by Gasteiger charge is -2.06. The van der Waals surface area contributed by atoms with Crippen molar-refractivity contribution in [1.82, 2.24) is 9.97 Å². The third-order valence-corrected chi connectivity index (χ3v) is 2.62. The molecule has 0 radical (unpaired) electrons. The van der Waals surface area contributed by atoms with Crippen molar-refractivity contribution in [2.75, 3.05) is 17.2 Å². The molecule has 0 aliphatic carbocycles. The van der Waals surface area contributed by atoms with Gasteiger partial charge in [-0.1, -0.05) is 6.92 Å². The highest BCUT2D eigenvalue weighted by Gasteiger charge is 2.10. The maximum atomic E-state index is 13.0. The second-order valence-electron chi connectivity index (χ2n) is 4.30. The summed E-state index contributed by atoms with van der Waals surface area (Å²) in [5.41, 5.74) is 0.232. The number of carbonyl (C=O) groups excluding carboxylic acids is 1. The van der Waals surface area contributed by atoms with Crippen LogP contribution in [-0.4, -0.2) is 22.4 Å². The Labute approximate surface area is 120 Å². The van der Waals surface area contributed by atoms with Crippen LogP contribution in [0.2, 0.25) is 0 Å². The fraction of sp³-hybridized carbons (Fsp3) is 0.214. The van der Waals surface area contributed by atoms with E-state index >= 15 is 0 Å². The Bertz CT molecular complexity index is 631. The lowest BCUT2D eigenvalue weighted by Crippen LogP contribution is -2.15. The summed E-state index contributed by atoms with van der Waals surface area (Å²) >= 11 is 0. The third-order valence-electron chi connectivity index (χ3n) is 2.62. The average Bonchev–Trinajstić information content (AvgIpc) is 2.49. The third kappa shape index (κ3) is 3.95. The molecule has 1 aromatic carbocycles. The van der Waals surface area contributed by atoms with Crippen LogP contribution in [0.3, 0.4) is 0 Å². The van der Waals surface area contributed by atoms with Crippen molar-refractivity contribution in [3.05, 3.63) is 47.9 Å². The molecule has 0 aliphatic rings. The Balaban J connectivity index is 2.04. The molecule has 110 valence electrons. The van der Waals surface area contributed by atoms with Gasteiger partial charge in [-0.2, -0.15) is 0 Å². The van der Waals surface area contributed by atoms with Crippen molar-refractivity contribution in [2.45, 2.75) is 13.3 Å². The molecule has 0 saturated carbocycles. The number of rotatable bonds is 5. The molecule has 0 aliphatic heterocycles. The van der Waals surface area contributed by atoms with Crippen LogP contribution in [0.1, 0.15) is 23.8 Å². The van der Waals surface area contributed by atoms with Crippen molar-refractivity contribution in [2.24, 2.45) is 0 Å². The van der Waals surface area contributed by atoms with E-state index in [9.17, 15) is 13.6 Å². The summed E-state index contributed by atoms with van der Waals surface area (Å²) in [6.07, 6.45) is 3.70. The van der Waals surface area contributed by atoms with Crippen LogP contribution in [0, 0.1) is 11.6 Å². The van der Waals surface area contributed by atoms with Gasteiger partial charge in [-0.05, 0) is 18.6 Å². The number of benzene rings is 1. The molecule has 1 heterocycles. The van der Waals surface area contributed by atoms with Gasteiger partial charge >= 0.3 is 0 Å². The molecule has 5 nitrogen and oxygen atoms in total. The van der Waals surface area contributed by atoms with Gasteiger partial charge in [-0.3, -0.25) is 4.79 Å². The van der Waals surface area contributed by atoms with E-state index in [1.807, 2.05) is 6.92 Å². The van der Waals surface area contributed by atoms with Crippen molar-refractivity contribution in [3.8, 4) is 0 Å². The van der Waals surface area contributed by atoms with Gasteiger partial charge in [0, 0.05) is 18.3 Å². The number of hydrogen-bond donors (Lipinski definition) is 2. The fourth-order valence-electron chi connectivity index (χ4n) is 1.56. The van der Waals surface area contributed by atoms with E-state index in [4.69, 9.17) is 0 Å². The molecule has 2 rings (SSSR count). The molecule has 0 unspecified atom stereocenters. The van der Waals surface area contributed by atoms with E-state index in [2.05, 4.69) is 20.6 Å². The Kier molecular flexibility index (Phi) is 4.76. The number of aromatic nitrogens is 2. The van der Waals surface area contributed by atoms with Crippen LogP contribution in [-0.2, 0) is 0 Å². The molecular formula is C14H14F2N4O. The SMILES string of the molecule is CCCNc1cnc(C(=O)Nc2ccc(F)c(F)c2)cn1. The predicted molar refractivity (Wildman–Crippen MR) is 75.1 cm³/mol. The molecule has 1 aromatic heterocycles. The molecule has 1 amide bonds. The lowest BCUT2D eigenvalue weighted by molar-refractivity contribution is 0.102. The van der Waals surface area contributed by atoms with E-state index in [0.29, 0.717) is 5.82 Å². The van der Waals surface area contributed by atoms with Gasteiger partial charge in [0.15, 0.2) is 11.6 Å². The largest absolute Gasteiger partial charge is 0.369 e. The van der Waals surface area contributed by atoms with Gasteiger partial charge in [0.2, 0.25) is 0 Å². The van der Waals surface area contributed by atoms with Crippen LogP contribution < -0.4 is 10.6 Å². The van der Waals surface area contributed by atoms with Crippen LogP contribution in [0.25, 0.3) is 0 Å². The monoisotopic (exact) mass is 292 g/mol.